The second-order valence-corrected chi connectivity index (χ2v) is 11.2. The van der Waals surface area contributed by atoms with Gasteiger partial charge in [0.05, 0.1) is 0 Å². The van der Waals surface area contributed by atoms with E-state index >= 15 is 0 Å². The van der Waals surface area contributed by atoms with E-state index < -0.39 is 0 Å². The smallest absolute Gasteiger partial charge is 0.222 e. The minimum absolute atomic E-state index is 0.0168. The molecule has 0 saturated carbocycles. The number of amides is 1. The molecule has 232 valence electrons. The number of benzene rings is 1. The third-order valence-corrected chi connectivity index (χ3v) is 6.22. The zero-order chi connectivity index (χ0) is 32.4. The van der Waals surface area contributed by atoms with Crippen LogP contribution in [0, 0.1) is 24.7 Å². The monoisotopic (exact) mass is 584 g/mol. The van der Waals surface area contributed by atoms with Crippen LogP contribution >= 0.6 is 0 Å². The van der Waals surface area contributed by atoms with Gasteiger partial charge in [-0.15, -0.1) is 0 Å². The largest absolute Gasteiger partial charge is 0.361 e. The number of rotatable bonds is 14. The molecule has 1 aromatic carbocycles. The van der Waals surface area contributed by atoms with Crippen LogP contribution in [0.2, 0.25) is 0 Å². The van der Waals surface area contributed by atoms with Crippen molar-refractivity contribution in [1.82, 2.24) is 10.1 Å². The van der Waals surface area contributed by atoms with Crippen LogP contribution < -0.4 is 0 Å². The van der Waals surface area contributed by atoms with Gasteiger partial charge < -0.3 is 9.42 Å². The summed E-state index contributed by atoms with van der Waals surface area (Å²) in [4.78, 5) is 69.4. The van der Waals surface area contributed by atoms with Crippen molar-refractivity contribution in [2.75, 3.05) is 14.1 Å². The standard InChI is InChI=1S/C13H16O2.C11H15NO3.C9H17NO2/c1-10(2)12(14)8-9-13(15)11-6-4-3-5-7-11;1-7(2)10(13)4-5-11(14)9-6-8(3)15-12-9;1-7(2)8(11)5-6-9(12)10(3)4/h3-7,10H,8-9H2,1-2H3;6-7H,4-5H2,1-3H3;7H,5-6H2,1-4H3. The Morgan fingerprint density at radius 3 is 1.48 bits per heavy atom. The topological polar surface area (TPSA) is 132 Å². The van der Waals surface area contributed by atoms with Gasteiger partial charge in [-0.1, -0.05) is 77.0 Å². The molecule has 9 nitrogen and oxygen atoms in total. The number of aromatic nitrogens is 1. The van der Waals surface area contributed by atoms with Gasteiger partial charge >= 0.3 is 0 Å². The van der Waals surface area contributed by atoms with E-state index in [9.17, 15) is 28.8 Å². The van der Waals surface area contributed by atoms with Crippen LogP contribution in [-0.2, 0) is 19.2 Å². The number of ketones is 5. The molecule has 2 aromatic rings. The van der Waals surface area contributed by atoms with E-state index in [0.29, 0.717) is 42.7 Å². The maximum Gasteiger partial charge on any atom is 0.222 e. The summed E-state index contributed by atoms with van der Waals surface area (Å²) in [5.41, 5.74) is 0.998. The van der Waals surface area contributed by atoms with E-state index in [2.05, 4.69) is 5.16 Å². The van der Waals surface area contributed by atoms with Crippen molar-refractivity contribution in [3.63, 3.8) is 0 Å². The van der Waals surface area contributed by atoms with E-state index in [1.165, 1.54) is 4.90 Å². The molecule has 0 spiro atoms. The first kappa shape index (κ1) is 38.2. The molecule has 0 radical (unpaired) electrons. The third kappa shape index (κ3) is 16.5. The van der Waals surface area contributed by atoms with Gasteiger partial charge in [-0.05, 0) is 6.92 Å². The zero-order valence-electron chi connectivity index (χ0n) is 26.7. The van der Waals surface area contributed by atoms with Gasteiger partial charge in [0.2, 0.25) is 5.91 Å². The SMILES string of the molecule is CC(C)C(=O)CCC(=O)N(C)C.CC(C)C(=O)CCC(=O)c1ccccc1.Cc1cc(C(=O)CCC(=O)C(C)C)no1. The van der Waals surface area contributed by atoms with Crippen LogP contribution in [0.1, 0.15) is 107 Å². The molecule has 2 rings (SSSR count). The zero-order valence-corrected chi connectivity index (χ0v) is 26.7. The Labute approximate surface area is 250 Å². The summed E-state index contributed by atoms with van der Waals surface area (Å²) in [5, 5.41) is 3.60. The van der Waals surface area contributed by atoms with Crippen LogP contribution in [0.3, 0.4) is 0 Å². The molecule has 0 fully saturated rings. The lowest BCUT2D eigenvalue weighted by Crippen LogP contribution is -2.22. The third-order valence-electron chi connectivity index (χ3n) is 6.22. The Hall–Kier alpha value is -3.75. The molecule has 0 atom stereocenters. The Bertz CT molecular complexity index is 1140. The van der Waals surface area contributed by atoms with Gasteiger partial charge in [0.15, 0.2) is 11.6 Å². The van der Waals surface area contributed by atoms with Gasteiger partial charge in [-0.25, -0.2) is 0 Å². The highest BCUT2D eigenvalue weighted by Crippen LogP contribution is 2.10. The first-order valence-electron chi connectivity index (χ1n) is 14.4. The van der Waals surface area contributed by atoms with Crippen molar-refractivity contribution in [2.45, 2.75) is 87.0 Å². The van der Waals surface area contributed by atoms with Crippen molar-refractivity contribution in [1.29, 1.82) is 0 Å². The molecule has 1 heterocycles. The van der Waals surface area contributed by atoms with E-state index in [4.69, 9.17) is 4.52 Å². The molecule has 1 aromatic heterocycles. The number of carbonyl (C=O) groups is 6. The number of hydrogen-bond acceptors (Lipinski definition) is 8. The molecule has 9 heteroatoms. The van der Waals surface area contributed by atoms with E-state index in [-0.39, 0.29) is 65.4 Å². The Morgan fingerprint density at radius 1 is 0.667 bits per heavy atom. The highest BCUT2D eigenvalue weighted by molar-refractivity contribution is 5.98. The number of carbonyl (C=O) groups excluding carboxylic acids is 6. The summed E-state index contributed by atoms with van der Waals surface area (Å²) in [6.07, 6.45) is 1.87. The molecule has 0 N–H and O–H groups in total. The lowest BCUT2D eigenvalue weighted by molar-refractivity contribution is -0.131. The van der Waals surface area contributed by atoms with Gasteiger partial charge in [0.1, 0.15) is 28.8 Å². The fourth-order valence-electron chi connectivity index (χ4n) is 3.19. The quantitative estimate of drug-likeness (QED) is 0.242. The van der Waals surface area contributed by atoms with Crippen LogP contribution in [0.15, 0.2) is 40.9 Å². The average molecular weight is 585 g/mol. The highest BCUT2D eigenvalue weighted by atomic mass is 16.5. The number of Topliss-reactive ketones (excluding diaryl/α,β-unsaturated/α-hetero) is 5. The average Bonchev–Trinajstić information content (AvgIpc) is 3.39. The van der Waals surface area contributed by atoms with E-state index in [0.717, 1.165) is 0 Å². The van der Waals surface area contributed by atoms with Crippen molar-refractivity contribution in [3.8, 4) is 0 Å². The van der Waals surface area contributed by atoms with Crippen molar-refractivity contribution in [3.05, 3.63) is 53.4 Å². The molecule has 0 bridgehead atoms. The predicted octanol–water partition coefficient (Wildman–Crippen LogP) is 6.13. The van der Waals surface area contributed by atoms with Crippen LogP contribution in [0.25, 0.3) is 0 Å². The van der Waals surface area contributed by atoms with Gasteiger partial charge in [0.25, 0.3) is 0 Å². The summed E-state index contributed by atoms with van der Waals surface area (Å²) in [7, 11) is 3.39. The van der Waals surface area contributed by atoms with Gasteiger partial charge in [0, 0.05) is 82.0 Å². The summed E-state index contributed by atoms with van der Waals surface area (Å²) < 4.78 is 4.78. The maximum absolute atomic E-state index is 11.6. The fraction of sp³-hybridized carbons (Fsp3) is 0.545. The van der Waals surface area contributed by atoms with E-state index in [1.807, 2.05) is 59.7 Å². The summed E-state index contributed by atoms with van der Waals surface area (Å²) in [6, 6.07) is 10.7. The van der Waals surface area contributed by atoms with Crippen molar-refractivity contribution < 1.29 is 33.3 Å². The molecule has 1 amide bonds. The van der Waals surface area contributed by atoms with E-state index in [1.54, 1.807) is 39.2 Å². The molecule has 0 aliphatic rings. The van der Waals surface area contributed by atoms with Gasteiger partial charge in [-0.2, -0.15) is 0 Å². The summed E-state index contributed by atoms with van der Waals surface area (Å²) in [5.74, 6) is 0.987. The lowest BCUT2D eigenvalue weighted by Gasteiger charge is -2.09. The number of aryl methyl sites for hydroxylation is 1. The molecule has 0 saturated heterocycles. The second kappa shape index (κ2) is 20.2. The van der Waals surface area contributed by atoms with Crippen LogP contribution in [0.5, 0.6) is 0 Å². The summed E-state index contributed by atoms with van der Waals surface area (Å²) in [6.45, 7) is 12.8. The first-order chi connectivity index (χ1) is 19.6. The molecule has 0 unspecified atom stereocenters. The van der Waals surface area contributed by atoms with Crippen molar-refractivity contribution in [2.24, 2.45) is 17.8 Å². The normalized spacial score (nSPS) is 10.4. The lowest BCUT2D eigenvalue weighted by atomic mass is 10.0. The molecular formula is C33H48N2O7. The molecular weight excluding hydrogens is 536 g/mol. The number of nitrogens with zero attached hydrogens (tertiary/aromatic N) is 2. The minimum Gasteiger partial charge on any atom is -0.361 e. The molecule has 0 aliphatic heterocycles. The highest BCUT2D eigenvalue weighted by Gasteiger charge is 2.15. The Kier molecular flexibility index (Phi) is 18.4. The maximum atomic E-state index is 11.6. The fourth-order valence-corrected chi connectivity index (χ4v) is 3.19. The Morgan fingerprint density at radius 2 is 1.10 bits per heavy atom. The second-order valence-electron chi connectivity index (χ2n) is 11.2. The number of hydrogen-bond donors (Lipinski definition) is 0. The molecule has 42 heavy (non-hydrogen) atoms. The van der Waals surface area contributed by atoms with Crippen LogP contribution in [-0.4, -0.2) is 59.0 Å². The summed E-state index contributed by atoms with van der Waals surface area (Å²) >= 11 is 0. The first-order valence-corrected chi connectivity index (χ1v) is 14.4. The Balaban J connectivity index is 0.000000606. The van der Waals surface area contributed by atoms with Gasteiger partial charge in [-0.3, -0.25) is 28.8 Å². The van der Waals surface area contributed by atoms with Crippen LogP contribution in [0.4, 0.5) is 0 Å². The van der Waals surface area contributed by atoms with Crippen molar-refractivity contribution >= 4 is 34.8 Å². The predicted molar refractivity (Wildman–Crippen MR) is 162 cm³/mol. The molecule has 0 aliphatic carbocycles. The minimum atomic E-state index is -0.138.